The van der Waals surface area contributed by atoms with E-state index in [1.165, 1.54) is 6.42 Å². The number of hydrogen-bond acceptors (Lipinski definition) is 5. The van der Waals surface area contributed by atoms with E-state index in [-0.39, 0.29) is 30.3 Å². The molecule has 142 valence electrons. The van der Waals surface area contributed by atoms with E-state index < -0.39 is 0 Å². The summed E-state index contributed by atoms with van der Waals surface area (Å²) in [5.41, 5.74) is 8.00. The van der Waals surface area contributed by atoms with Gasteiger partial charge in [0.1, 0.15) is 5.75 Å². The second-order valence-electron chi connectivity index (χ2n) is 7.44. The fourth-order valence-corrected chi connectivity index (χ4v) is 5.42. The first kappa shape index (κ1) is 19.4. The monoisotopic (exact) mass is 395 g/mol. The number of carbonyl (C=O) groups excluding carboxylic acids is 1. The van der Waals surface area contributed by atoms with E-state index in [2.05, 4.69) is 10.3 Å². The Morgan fingerprint density at radius 1 is 1.31 bits per heavy atom. The number of hydrogen-bond donors (Lipinski definition) is 2. The Kier molecular flexibility index (Phi) is 5.75. The van der Waals surface area contributed by atoms with Crippen molar-refractivity contribution < 1.29 is 9.53 Å². The van der Waals surface area contributed by atoms with Crippen molar-refractivity contribution in [3.63, 3.8) is 0 Å². The molecular formula is C19H26ClN3O2S. The number of benzene rings is 1. The van der Waals surface area contributed by atoms with E-state index in [0.717, 1.165) is 46.6 Å². The molecule has 1 heterocycles. The number of nitrogens with zero attached hydrogens (tertiary/aromatic N) is 1. The van der Waals surface area contributed by atoms with Crippen molar-refractivity contribution in [3.8, 4) is 5.75 Å². The smallest absolute Gasteiger partial charge is 0.227 e. The van der Waals surface area contributed by atoms with Gasteiger partial charge in [-0.1, -0.05) is 6.42 Å². The zero-order chi connectivity index (χ0) is 17.6. The fourth-order valence-electron chi connectivity index (χ4n) is 4.57. The Hall–Kier alpha value is -1.37. The van der Waals surface area contributed by atoms with Gasteiger partial charge in [-0.25, -0.2) is 4.98 Å². The highest BCUT2D eigenvalue weighted by Crippen LogP contribution is 2.42. The third-order valence-electron chi connectivity index (χ3n) is 5.86. The average molecular weight is 396 g/mol. The van der Waals surface area contributed by atoms with Crippen molar-refractivity contribution in [3.05, 3.63) is 17.1 Å². The fraction of sp³-hybridized carbons (Fsp3) is 0.579. The van der Waals surface area contributed by atoms with Gasteiger partial charge in [-0.3, -0.25) is 4.79 Å². The summed E-state index contributed by atoms with van der Waals surface area (Å²) in [5, 5.41) is 4.12. The van der Waals surface area contributed by atoms with Crippen LogP contribution in [0.2, 0.25) is 0 Å². The number of thiazole rings is 1. The summed E-state index contributed by atoms with van der Waals surface area (Å²) in [6, 6.07) is 4.16. The Labute approximate surface area is 164 Å². The van der Waals surface area contributed by atoms with Crippen LogP contribution in [-0.4, -0.2) is 24.0 Å². The van der Waals surface area contributed by atoms with E-state index in [0.29, 0.717) is 17.6 Å². The van der Waals surface area contributed by atoms with Crippen LogP contribution in [0.3, 0.4) is 0 Å². The van der Waals surface area contributed by atoms with Gasteiger partial charge in [0.15, 0.2) is 0 Å². The standard InChI is InChI=1S/C19H25N3O2S.ClH/c1-10-21-15-8-16(24-2)14(9-17(15)25-10)22-19(23)13-6-11-4-3-5-12(7-13)18(11)20;/h8-9,11-13,18H,3-7,20H2,1-2H3,(H,22,23);1H. The highest BCUT2D eigenvalue weighted by atomic mass is 35.5. The lowest BCUT2D eigenvalue weighted by Crippen LogP contribution is -2.48. The lowest BCUT2D eigenvalue weighted by Gasteiger charge is -2.43. The quantitative estimate of drug-likeness (QED) is 0.819. The zero-order valence-electron chi connectivity index (χ0n) is 15.2. The number of ether oxygens (including phenoxy) is 1. The van der Waals surface area contributed by atoms with Crippen LogP contribution in [0.4, 0.5) is 5.69 Å². The maximum Gasteiger partial charge on any atom is 0.227 e. The molecule has 0 saturated heterocycles. The van der Waals surface area contributed by atoms with Gasteiger partial charge in [-0.15, -0.1) is 23.7 Å². The van der Waals surface area contributed by atoms with Gasteiger partial charge in [0.2, 0.25) is 5.91 Å². The molecule has 1 aromatic heterocycles. The Morgan fingerprint density at radius 2 is 2.00 bits per heavy atom. The number of aryl methyl sites for hydroxylation is 1. The van der Waals surface area contributed by atoms with Crippen molar-refractivity contribution in [1.29, 1.82) is 0 Å². The second-order valence-corrected chi connectivity index (χ2v) is 8.67. The van der Waals surface area contributed by atoms with Crippen molar-refractivity contribution in [2.24, 2.45) is 23.5 Å². The molecule has 2 atom stereocenters. The van der Waals surface area contributed by atoms with Crippen molar-refractivity contribution in [2.75, 3.05) is 12.4 Å². The van der Waals surface area contributed by atoms with Crippen LogP contribution < -0.4 is 15.8 Å². The van der Waals surface area contributed by atoms with Gasteiger partial charge in [0.25, 0.3) is 0 Å². The molecule has 1 aromatic carbocycles. The van der Waals surface area contributed by atoms with E-state index >= 15 is 0 Å². The topological polar surface area (TPSA) is 77.2 Å². The number of halogens is 1. The molecule has 5 nitrogen and oxygen atoms in total. The van der Waals surface area contributed by atoms with E-state index in [4.69, 9.17) is 10.5 Å². The summed E-state index contributed by atoms with van der Waals surface area (Å²) < 4.78 is 6.54. The van der Waals surface area contributed by atoms with Crippen LogP contribution in [-0.2, 0) is 4.79 Å². The Bertz CT molecular complexity index is 795. The molecule has 4 rings (SSSR count). The number of rotatable bonds is 3. The predicted molar refractivity (Wildman–Crippen MR) is 108 cm³/mol. The van der Waals surface area contributed by atoms with Gasteiger partial charge >= 0.3 is 0 Å². The molecule has 7 heteroatoms. The van der Waals surface area contributed by atoms with Crippen LogP contribution in [0, 0.1) is 24.7 Å². The van der Waals surface area contributed by atoms with Gasteiger partial charge in [0.05, 0.1) is 28.0 Å². The summed E-state index contributed by atoms with van der Waals surface area (Å²) >= 11 is 1.63. The summed E-state index contributed by atoms with van der Waals surface area (Å²) in [6.07, 6.45) is 5.40. The third-order valence-corrected chi connectivity index (χ3v) is 6.79. The SMILES string of the molecule is COc1cc2nc(C)sc2cc1NC(=O)C1CC2CCCC(C1)C2N.Cl. The molecule has 2 aliphatic carbocycles. The molecule has 2 unspecified atom stereocenters. The number of aromatic nitrogens is 1. The van der Waals surface area contributed by atoms with Gasteiger partial charge < -0.3 is 15.8 Å². The van der Waals surface area contributed by atoms with Gasteiger partial charge in [-0.05, 0) is 50.5 Å². The van der Waals surface area contributed by atoms with Crippen LogP contribution >= 0.6 is 23.7 Å². The number of carbonyl (C=O) groups is 1. The van der Waals surface area contributed by atoms with Gasteiger partial charge in [-0.2, -0.15) is 0 Å². The normalized spacial score (nSPS) is 27.7. The Morgan fingerprint density at radius 3 is 2.65 bits per heavy atom. The van der Waals surface area contributed by atoms with Crippen LogP contribution in [0.5, 0.6) is 5.75 Å². The lowest BCUT2D eigenvalue weighted by atomic mass is 9.65. The summed E-state index contributed by atoms with van der Waals surface area (Å²) in [6.45, 7) is 1.99. The Balaban J connectivity index is 0.00000196. The molecule has 0 spiro atoms. The van der Waals surface area contributed by atoms with Crippen molar-refractivity contribution in [1.82, 2.24) is 4.98 Å². The number of nitrogens with two attached hydrogens (primary N) is 1. The minimum atomic E-state index is 0. The summed E-state index contributed by atoms with van der Waals surface area (Å²) in [5.74, 6) is 1.81. The molecule has 1 amide bonds. The molecular weight excluding hydrogens is 370 g/mol. The highest BCUT2D eigenvalue weighted by Gasteiger charge is 2.40. The molecule has 2 aromatic rings. The molecule has 3 N–H and O–H groups in total. The number of anilines is 1. The van der Waals surface area contributed by atoms with Crippen LogP contribution in [0.1, 0.15) is 37.1 Å². The van der Waals surface area contributed by atoms with Crippen LogP contribution in [0.15, 0.2) is 12.1 Å². The molecule has 26 heavy (non-hydrogen) atoms. The molecule has 2 saturated carbocycles. The number of methoxy groups -OCH3 is 1. The number of fused-ring (bicyclic) bond motifs is 3. The van der Waals surface area contributed by atoms with Crippen molar-refractivity contribution >= 4 is 45.6 Å². The maximum absolute atomic E-state index is 12.9. The second kappa shape index (κ2) is 7.71. The van der Waals surface area contributed by atoms with Crippen molar-refractivity contribution in [2.45, 2.75) is 45.1 Å². The maximum atomic E-state index is 12.9. The number of nitrogens with one attached hydrogen (secondary N) is 1. The number of amides is 1. The zero-order valence-corrected chi connectivity index (χ0v) is 16.8. The molecule has 2 aliphatic rings. The highest BCUT2D eigenvalue weighted by molar-refractivity contribution is 7.18. The van der Waals surface area contributed by atoms with E-state index in [1.54, 1.807) is 18.4 Å². The first-order valence-electron chi connectivity index (χ1n) is 9.06. The minimum absolute atomic E-state index is 0. The third kappa shape index (κ3) is 3.55. The summed E-state index contributed by atoms with van der Waals surface area (Å²) in [4.78, 5) is 17.4. The molecule has 2 fully saturated rings. The first-order valence-corrected chi connectivity index (χ1v) is 9.88. The first-order chi connectivity index (χ1) is 12.0. The average Bonchev–Trinajstić information content (AvgIpc) is 2.92. The minimum Gasteiger partial charge on any atom is -0.494 e. The van der Waals surface area contributed by atoms with Gasteiger partial charge in [0, 0.05) is 18.0 Å². The molecule has 0 aliphatic heterocycles. The van der Waals surface area contributed by atoms with Crippen LogP contribution in [0.25, 0.3) is 10.2 Å². The molecule has 0 radical (unpaired) electrons. The lowest BCUT2D eigenvalue weighted by molar-refractivity contribution is -0.122. The van der Waals surface area contributed by atoms with E-state index in [9.17, 15) is 4.79 Å². The summed E-state index contributed by atoms with van der Waals surface area (Å²) in [7, 11) is 1.63. The largest absolute Gasteiger partial charge is 0.494 e. The predicted octanol–water partition coefficient (Wildman–Crippen LogP) is 4.13. The van der Waals surface area contributed by atoms with E-state index in [1.807, 2.05) is 19.1 Å². The molecule has 2 bridgehead atoms.